The number of hydrogen-bond donors (Lipinski definition) is 1. The van der Waals surface area contributed by atoms with Crippen molar-refractivity contribution in [1.82, 2.24) is 10.1 Å². The zero-order chi connectivity index (χ0) is 12.3. The van der Waals surface area contributed by atoms with E-state index in [0.717, 1.165) is 12.0 Å². The lowest BCUT2D eigenvalue weighted by atomic mass is 10.2. The van der Waals surface area contributed by atoms with Crippen molar-refractivity contribution >= 4 is 16.3 Å². The normalized spacial score (nSPS) is 10.9. The number of aryl methyl sites for hydroxylation is 1. The summed E-state index contributed by atoms with van der Waals surface area (Å²) in [4.78, 5) is 5.46. The molecular weight excluding hydrogens is 238 g/mol. The molecule has 0 bridgehead atoms. The summed E-state index contributed by atoms with van der Waals surface area (Å²) in [7, 11) is 0. The predicted octanol–water partition coefficient (Wildman–Crippen LogP) is 2.48. The van der Waals surface area contributed by atoms with Crippen molar-refractivity contribution < 1.29 is 9.26 Å². The first-order chi connectivity index (χ1) is 8.24. The standard InChI is InChI=1S/C11H15N3O2S/c1-3-7-5-8(10(12)17-7)11-13-9(14-16-11)6-15-4-2/h5H,3-4,6,12H2,1-2H3. The van der Waals surface area contributed by atoms with E-state index in [1.54, 1.807) is 11.3 Å². The zero-order valence-electron chi connectivity index (χ0n) is 9.90. The van der Waals surface area contributed by atoms with Gasteiger partial charge < -0.3 is 15.0 Å². The van der Waals surface area contributed by atoms with Crippen LogP contribution in [0.3, 0.4) is 0 Å². The number of ether oxygens (including phenoxy) is 1. The van der Waals surface area contributed by atoms with Crippen LogP contribution in [0, 0.1) is 0 Å². The smallest absolute Gasteiger partial charge is 0.261 e. The molecule has 0 aliphatic heterocycles. The zero-order valence-corrected chi connectivity index (χ0v) is 10.7. The number of anilines is 1. The summed E-state index contributed by atoms with van der Waals surface area (Å²) in [5.41, 5.74) is 6.74. The van der Waals surface area contributed by atoms with Crippen molar-refractivity contribution in [3.8, 4) is 11.5 Å². The van der Waals surface area contributed by atoms with Gasteiger partial charge in [-0.2, -0.15) is 4.98 Å². The van der Waals surface area contributed by atoms with Crippen LogP contribution in [-0.2, 0) is 17.8 Å². The average molecular weight is 253 g/mol. The number of nitrogen functional groups attached to an aromatic ring is 1. The van der Waals surface area contributed by atoms with Crippen LogP contribution < -0.4 is 5.73 Å². The quantitative estimate of drug-likeness (QED) is 0.886. The molecule has 2 heterocycles. The van der Waals surface area contributed by atoms with E-state index in [9.17, 15) is 0 Å². The molecule has 17 heavy (non-hydrogen) atoms. The Kier molecular flexibility index (Phi) is 3.75. The van der Waals surface area contributed by atoms with Gasteiger partial charge >= 0.3 is 0 Å². The third kappa shape index (κ3) is 2.65. The van der Waals surface area contributed by atoms with Gasteiger partial charge in [-0.3, -0.25) is 0 Å². The molecule has 5 nitrogen and oxygen atoms in total. The van der Waals surface area contributed by atoms with E-state index >= 15 is 0 Å². The minimum atomic E-state index is 0.366. The van der Waals surface area contributed by atoms with Crippen LogP contribution in [0.15, 0.2) is 10.6 Å². The van der Waals surface area contributed by atoms with Gasteiger partial charge in [0.15, 0.2) is 5.82 Å². The Morgan fingerprint density at radius 3 is 2.94 bits per heavy atom. The topological polar surface area (TPSA) is 74.2 Å². The van der Waals surface area contributed by atoms with Gasteiger partial charge in [0, 0.05) is 11.5 Å². The highest BCUT2D eigenvalue weighted by atomic mass is 32.1. The van der Waals surface area contributed by atoms with Crippen LogP contribution in [0.25, 0.3) is 11.5 Å². The second kappa shape index (κ2) is 5.29. The van der Waals surface area contributed by atoms with Crippen molar-refractivity contribution in [2.24, 2.45) is 0 Å². The molecule has 0 saturated carbocycles. The maximum absolute atomic E-state index is 5.92. The number of nitrogens with two attached hydrogens (primary N) is 1. The SMILES string of the molecule is CCOCc1noc(-c2cc(CC)sc2N)n1. The van der Waals surface area contributed by atoms with Gasteiger partial charge in [0.1, 0.15) is 6.61 Å². The van der Waals surface area contributed by atoms with Crippen molar-refractivity contribution in [3.05, 3.63) is 16.8 Å². The molecule has 2 aromatic heterocycles. The molecule has 2 rings (SSSR count). The van der Waals surface area contributed by atoms with Crippen LogP contribution in [0.1, 0.15) is 24.5 Å². The third-order valence-electron chi connectivity index (χ3n) is 2.29. The second-order valence-corrected chi connectivity index (χ2v) is 4.67. The molecule has 0 amide bonds. The first-order valence-corrected chi connectivity index (χ1v) is 6.35. The fraction of sp³-hybridized carbons (Fsp3) is 0.455. The first-order valence-electron chi connectivity index (χ1n) is 5.53. The van der Waals surface area contributed by atoms with Gasteiger partial charge in [0.2, 0.25) is 0 Å². The number of aromatic nitrogens is 2. The van der Waals surface area contributed by atoms with Crippen molar-refractivity contribution in [3.63, 3.8) is 0 Å². The summed E-state index contributed by atoms with van der Waals surface area (Å²) in [5.74, 6) is 1.01. The van der Waals surface area contributed by atoms with E-state index in [0.29, 0.717) is 29.9 Å². The fourth-order valence-electron chi connectivity index (χ4n) is 1.41. The molecule has 2 aromatic rings. The summed E-state index contributed by atoms with van der Waals surface area (Å²) < 4.78 is 10.4. The fourth-order valence-corrected chi connectivity index (χ4v) is 2.27. The summed E-state index contributed by atoms with van der Waals surface area (Å²) in [6.07, 6.45) is 0.953. The highest BCUT2D eigenvalue weighted by Crippen LogP contribution is 2.33. The minimum Gasteiger partial charge on any atom is -0.390 e. The van der Waals surface area contributed by atoms with E-state index in [1.165, 1.54) is 4.88 Å². The molecule has 2 N–H and O–H groups in total. The highest BCUT2D eigenvalue weighted by molar-refractivity contribution is 7.16. The van der Waals surface area contributed by atoms with Gasteiger partial charge in [-0.05, 0) is 19.4 Å². The second-order valence-electron chi connectivity index (χ2n) is 3.50. The maximum atomic E-state index is 5.92. The van der Waals surface area contributed by atoms with Crippen molar-refractivity contribution in [2.75, 3.05) is 12.3 Å². The molecule has 92 valence electrons. The van der Waals surface area contributed by atoms with E-state index in [-0.39, 0.29) is 0 Å². The van der Waals surface area contributed by atoms with Gasteiger partial charge in [0.25, 0.3) is 5.89 Å². The Morgan fingerprint density at radius 2 is 2.29 bits per heavy atom. The van der Waals surface area contributed by atoms with Crippen LogP contribution >= 0.6 is 11.3 Å². The molecular formula is C11H15N3O2S. The van der Waals surface area contributed by atoms with Crippen LogP contribution in [0.5, 0.6) is 0 Å². The minimum absolute atomic E-state index is 0.366. The van der Waals surface area contributed by atoms with Gasteiger partial charge in [-0.1, -0.05) is 12.1 Å². The lowest BCUT2D eigenvalue weighted by Gasteiger charge is -1.92. The highest BCUT2D eigenvalue weighted by Gasteiger charge is 2.14. The summed E-state index contributed by atoms with van der Waals surface area (Å²) in [5, 5.41) is 4.56. The van der Waals surface area contributed by atoms with E-state index in [1.807, 2.05) is 13.0 Å². The van der Waals surface area contributed by atoms with Crippen LogP contribution in [-0.4, -0.2) is 16.7 Å². The largest absolute Gasteiger partial charge is 0.390 e. The molecule has 6 heteroatoms. The molecule has 0 aliphatic rings. The maximum Gasteiger partial charge on any atom is 0.261 e. The summed E-state index contributed by atoms with van der Waals surface area (Å²) >= 11 is 1.56. The number of nitrogens with zero attached hydrogens (tertiary/aromatic N) is 2. The Hall–Kier alpha value is -1.40. The third-order valence-corrected chi connectivity index (χ3v) is 3.40. The molecule has 0 aromatic carbocycles. The molecule has 0 saturated heterocycles. The number of rotatable bonds is 5. The van der Waals surface area contributed by atoms with Crippen molar-refractivity contribution in [2.45, 2.75) is 26.9 Å². The predicted molar refractivity (Wildman–Crippen MR) is 66.7 cm³/mol. The average Bonchev–Trinajstić information content (AvgIpc) is 2.92. The Bertz CT molecular complexity index is 493. The Balaban J connectivity index is 2.20. The molecule has 0 aliphatic carbocycles. The lowest BCUT2D eigenvalue weighted by Crippen LogP contribution is -1.93. The van der Waals surface area contributed by atoms with Gasteiger partial charge in [0.05, 0.1) is 10.6 Å². The molecule has 0 spiro atoms. The summed E-state index contributed by atoms with van der Waals surface area (Å²) in [6.45, 7) is 5.00. The van der Waals surface area contributed by atoms with Crippen LogP contribution in [0.2, 0.25) is 0 Å². The molecule has 0 radical (unpaired) electrons. The number of hydrogen-bond acceptors (Lipinski definition) is 6. The Morgan fingerprint density at radius 1 is 1.47 bits per heavy atom. The monoisotopic (exact) mass is 253 g/mol. The van der Waals surface area contributed by atoms with Gasteiger partial charge in [-0.15, -0.1) is 11.3 Å². The van der Waals surface area contributed by atoms with E-state index in [4.69, 9.17) is 15.0 Å². The number of thiophene rings is 1. The molecule has 0 unspecified atom stereocenters. The van der Waals surface area contributed by atoms with Crippen molar-refractivity contribution in [1.29, 1.82) is 0 Å². The summed E-state index contributed by atoms with van der Waals surface area (Å²) in [6, 6.07) is 2.00. The van der Waals surface area contributed by atoms with E-state index in [2.05, 4.69) is 17.1 Å². The van der Waals surface area contributed by atoms with E-state index < -0.39 is 0 Å². The lowest BCUT2D eigenvalue weighted by molar-refractivity contribution is 0.126. The van der Waals surface area contributed by atoms with Crippen LogP contribution in [0.4, 0.5) is 5.00 Å². The Labute approximate surface area is 104 Å². The first kappa shape index (κ1) is 12.1. The van der Waals surface area contributed by atoms with Gasteiger partial charge in [-0.25, -0.2) is 0 Å². The molecule has 0 atom stereocenters. The molecule has 0 fully saturated rings.